The Morgan fingerprint density at radius 3 is 2.67 bits per heavy atom. The van der Waals surface area contributed by atoms with Crippen LogP contribution in [0.3, 0.4) is 0 Å². The van der Waals surface area contributed by atoms with Crippen LogP contribution >= 0.6 is 0 Å². The van der Waals surface area contributed by atoms with Crippen LogP contribution in [0.2, 0.25) is 0 Å². The molecule has 0 unspecified atom stereocenters. The number of benzene rings is 2. The maximum Gasteiger partial charge on any atom is 0.343 e. The van der Waals surface area contributed by atoms with Crippen molar-refractivity contribution in [1.82, 2.24) is 4.98 Å². The first-order valence-corrected chi connectivity index (χ1v) is 5.93. The second kappa shape index (κ2) is 5.04. The van der Waals surface area contributed by atoms with Gasteiger partial charge in [0.15, 0.2) is 12.0 Å². The lowest BCUT2D eigenvalue weighted by atomic mass is 10.2. The number of hydrogen-bond acceptors (Lipinski definition) is 6. The van der Waals surface area contributed by atoms with Crippen molar-refractivity contribution in [3.05, 3.63) is 64.5 Å². The number of aromatic nitrogens is 1. The molecule has 0 radical (unpaired) electrons. The number of nitro benzene ring substituents is 1. The normalized spacial score (nSPS) is 10.5. The monoisotopic (exact) mass is 284 g/mol. The number of ether oxygens (including phenoxy) is 1. The van der Waals surface area contributed by atoms with Crippen molar-refractivity contribution in [2.24, 2.45) is 0 Å². The van der Waals surface area contributed by atoms with Gasteiger partial charge in [0.2, 0.25) is 0 Å². The molecule has 0 aliphatic heterocycles. The molecule has 0 bridgehead atoms. The first-order valence-electron chi connectivity index (χ1n) is 5.93. The summed E-state index contributed by atoms with van der Waals surface area (Å²) in [7, 11) is 0. The van der Waals surface area contributed by atoms with E-state index >= 15 is 0 Å². The van der Waals surface area contributed by atoms with Crippen LogP contribution in [-0.2, 0) is 0 Å². The fourth-order valence-electron chi connectivity index (χ4n) is 1.79. The fourth-order valence-corrected chi connectivity index (χ4v) is 1.79. The second-order valence-electron chi connectivity index (χ2n) is 4.18. The van der Waals surface area contributed by atoms with Crippen LogP contribution in [0, 0.1) is 10.1 Å². The highest BCUT2D eigenvalue weighted by molar-refractivity contribution is 5.91. The van der Waals surface area contributed by atoms with Gasteiger partial charge in [0.05, 0.1) is 10.5 Å². The summed E-state index contributed by atoms with van der Waals surface area (Å²) in [5.41, 5.74) is 1.30. The topological polar surface area (TPSA) is 95.5 Å². The number of nitro groups is 1. The van der Waals surface area contributed by atoms with E-state index in [-0.39, 0.29) is 11.3 Å². The van der Waals surface area contributed by atoms with Gasteiger partial charge in [-0.3, -0.25) is 10.1 Å². The van der Waals surface area contributed by atoms with E-state index < -0.39 is 10.9 Å². The number of fused-ring (bicyclic) bond motifs is 1. The molecule has 0 N–H and O–H groups in total. The van der Waals surface area contributed by atoms with E-state index in [9.17, 15) is 14.9 Å². The van der Waals surface area contributed by atoms with Gasteiger partial charge in [0.25, 0.3) is 5.69 Å². The van der Waals surface area contributed by atoms with Gasteiger partial charge in [0, 0.05) is 18.2 Å². The minimum atomic E-state index is -0.604. The predicted molar refractivity (Wildman–Crippen MR) is 72.1 cm³/mol. The Labute approximate surface area is 117 Å². The zero-order valence-corrected chi connectivity index (χ0v) is 10.6. The summed E-state index contributed by atoms with van der Waals surface area (Å²) in [6.07, 6.45) is 1.30. The first-order chi connectivity index (χ1) is 10.1. The number of carbonyl (C=O) groups is 1. The van der Waals surface area contributed by atoms with Gasteiger partial charge in [-0.1, -0.05) is 0 Å². The van der Waals surface area contributed by atoms with E-state index in [1.54, 1.807) is 18.2 Å². The van der Waals surface area contributed by atoms with Crippen molar-refractivity contribution >= 4 is 22.8 Å². The summed E-state index contributed by atoms with van der Waals surface area (Å²) in [6.45, 7) is 0. The van der Waals surface area contributed by atoms with Crippen molar-refractivity contribution in [3.63, 3.8) is 0 Å². The number of carbonyl (C=O) groups excluding carboxylic acids is 1. The van der Waals surface area contributed by atoms with E-state index in [0.29, 0.717) is 16.8 Å². The molecule has 2 aromatic carbocycles. The second-order valence-corrected chi connectivity index (χ2v) is 4.18. The Bertz CT molecular complexity index is 823. The molecule has 7 heteroatoms. The molecule has 3 rings (SSSR count). The molecule has 0 aliphatic carbocycles. The summed E-state index contributed by atoms with van der Waals surface area (Å²) in [6, 6.07) is 9.97. The molecule has 0 saturated carbocycles. The summed E-state index contributed by atoms with van der Waals surface area (Å²) in [5.74, 6) is -0.285. The molecular formula is C14H8N2O5. The summed E-state index contributed by atoms with van der Waals surface area (Å²) >= 11 is 0. The van der Waals surface area contributed by atoms with Crippen molar-refractivity contribution in [2.45, 2.75) is 0 Å². The Kier molecular flexibility index (Phi) is 3.07. The third-order valence-electron chi connectivity index (χ3n) is 2.83. The number of oxazole rings is 1. The van der Waals surface area contributed by atoms with E-state index in [2.05, 4.69) is 4.98 Å². The van der Waals surface area contributed by atoms with Crippen LogP contribution in [-0.4, -0.2) is 15.9 Å². The molecule has 0 fully saturated rings. The summed E-state index contributed by atoms with van der Waals surface area (Å²) < 4.78 is 10.3. The summed E-state index contributed by atoms with van der Waals surface area (Å²) in [5, 5.41) is 10.5. The average molecular weight is 284 g/mol. The van der Waals surface area contributed by atoms with Gasteiger partial charge < -0.3 is 9.15 Å². The van der Waals surface area contributed by atoms with Crippen LogP contribution in [0.5, 0.6) is 5.75 Å². The first kappa shape index (κ1) is 12.8. The van der Waals surface area contributed by atoms with Crippen molar-refractivity contribution < 1.29 is 18.9 Å². The van der Waals surface area contributed by atoms with Crippen molar-refractivity contribution in [3.8, 4) is 5.75 Å². The van der Waals surface area contributed by atoms with Crippen LogP contribution in [0.25, 0.3) is 11.1 Å². The lowest BCUT2D eigenvalue weighted by Crippen LogP contribution is -2.08. The van der Waals surface area contributed by atoms with Gasteiger partial charge in [-0.2, -0.15) is 0 Å². The van der Waals surface area contributed by atoms with Gasteiger partial charge in [-0.15, -0.1) is 0 Å². The highest BCUT2D eigenvalue weighted by atomic mass is 16.6. The maximum atomic E-state index is 11.9. The zero-order valence-electron chi connectivity index (χ0n) is 10.6. The molecule has 3 aromatic rings. The summed E-state index contributed by atoms with van der Waals surface area (Å²) in [4.78, 5) is 25.9. The maximum absolute atomic E-state index is 11.9. The highest BCUT2D eigenvalue weighted by Crippen LogP contribution is 2.21. The number of hydrogen-bond donors (Lipinski definition) is 0. The highest BCUT2D eigenvalue weighted by Gasteiger charge is 2.12. The molecule has 1 heterocycles. The minimum Gasteiger partial charge on any atom is -0.443 e. The third-order valence-corrected chi connectivity index (χ3v) is 2.83. The molecule has 7 nitrogen and oxygen atoms in total. The van der Waals surface area contributed by atoms with Gasteiger partial charge in [-0.25, -0.2) is 9.78 Å². The van der Waals surface area contributed by atoms with E-state index in [4.69, 9.17) is 9.15 Å². The Hall–Kier alpha value is -3.22. The molecule has 0 amide bonds. The molecule has 104 valence electrons. The lowest BCUT2D eigenvalue weighted by Gasteiger charge is -2.03. The SMILES string of the molecule is O=C(Oc1ccc2ocnc2c1)c1ccc([N+](=O)[O-])cc1. The van der Waals surface area contributed by atoms with E-state index in [1.807, 2.05) is 0 Å². The molecule has 0 atom stereocenters. The van der Waals surface area contributed by atoms with Gasteiger partial charge in [0.1, 0.15) is 11.3 Å². The molecule has 0 saturated heterocycles. The number of esters is 1. The number of rotatable bonds is 3. The van der Waals surface area contributed by atoms with Crippen LogP contribution in [0.1, 0.15) is 10.4 Å². The molecular weight excluding hydrogens is 276 g/mol. The molecule has 21 heavy (non-hydrogen) atoms. The molecule has 0 spiro atoms. The number of nitrogens with zero attached hydrogens (tertiary/aromatic N) is 2. The van der Waals surface area contributed by atoms with Gasteiger partial charge in [-0.05, 0) is 24.3 Å². The fraction of sp³-hybridized carbons (Fsp3) is 0. The third kappa shape index (κ3) is 2.57. The quantitative estimate of drug-likeness (QED) is 0.317. The predicted octanol–water partition coefficient (Wildman–Crippen LogP) is 2.96. The molecule has 0 aliphatic rings. The Morgan fingerprint density at radius 1 is 1.19 bits per heavy atom. The average Bonchev–Trinajstić information content (AvgIpc) is 2.95. The lowest BCUT2D eigenvalue weighted by molar-refractivity contribution is -0.384. The van der Waals surface area contributed by atoms with Crippen molar-refractivity contribution in [1.29, 1.82) is 0 Å². The van der Waals surface area contributed by atoms with Gasteiger partial charge >= 0.3 is 5.97 Å². The largest absolute Gasteiger partial charge is 0.443 e. The Morgan fingerprint density at radius 2 is 1.95 bits per heavy atom. The van der Waals surface area contributed by atoms with E-state index in [1.165, 1.54) is 30.7 Å². The van der Waals surface area contributed by atoms with Crippen LogP contribution in [0.4, 0.5) is 5.69 Å². The van der Waals surface area contributed by atoms with Crippen LogP contribution < -0.4 is 4.74 Å². The van der Waals surface area contributed by atoms with E-state index in [0.717, 1.165) is 0 Å². The minimum absolute atomic E-state index is 0.0874. The molecule has 1 aromatic heterocycles. The smallest absolute Gasteiger partial charge is 0.343 e. The Balaban J connectivity index is 1.80. The van der Waals surface area contributed by atoms with Crippen LogP contribution in [0.15, 0.2) is 53.3 Å². The van der Waals surface area contributed by atoms with Crippen molar-refractivity contribution in [2.75, 3.05) is 0 Å². The zero-order chi connectivity index (χ0) is 14.8. The standard InChI is InChI=1S/C14H8N2O5/c17-14(9-1-3-10(4-2-9)16(18)19)21-11-5-6-13-12(7-11)15-8-20-13/h1-8H. The number of non-ortho nitro benzene ring substituents is 1.